The lowest BCUT2D eigenvalue weighted by atomic mass is 9.67. The molecule has 0 spiro atoms. The van der Waals surface area contributed by atoms with Crippen LogP contribution in [-0.2, 0) is 12.1 Å². The summed E-state index contributed by atoms with van der Waals surface area (Å²) in [6, 6.07) is 61.5. The first-order valence-corrected chi connectivity index (χ1v) is 18.8. The van der Waals surface area contributed by atoms with Gasteiger partial charge in [-0.1, -0.05) is 146 Å². The van der Waals surface area contributed by atoms with Gasteiger partial charge in [-0.15, -0.1) is 11.3 Å². The maximum absolute atomic E-state index is 4.09. The molecule has 2 atom stereocenters. The molecule has 11 rings (SSSR count). The number of para-hydroxylation sites is 1. The molecule has 0 bridgehead atoms. The standard InChI is InChI=1S/C47H35N3S/c1-2-13-30(14-3-1)47(39-21-8-4-15-32(39)33-16-5-9-22-40(33)47)31-25-26-35-34-17-6-10-23-42(34)50(43(35)27-31)29-49-45(41-28-48-41)38-20-12-19-37-36-18-7-11-24-44(36)51-46(37)38/h1-27,41,45,48-49H,28-29H2. The lowest BCUT2D eigenvalue weighted by Crippen LogP contribution is -2.30. The average molecular weight is 674 g/mol. The van der Waals surface area contributed by atoms with Gasteiger partial charge >= 0.3 is 0 Å². The molecule has 244 valence electrons. The van der Waals surface area contributed by atoms with Crippen molar-refractivity contribution < 1.29 is 0 Å². The molecular weight excluding hydrogens is 639 g/mol. The molecule has 51 heavy (non-hydrogen) atoms. The van der Waals surface area contributed by atoms with Crippen molar-refractivity contribution in [2.45, 2.75) is 24.2 Å². The summed E-state index contributed by atoms with van der Waals surface area (Å²) in [7, 11) is 0. The number of fused-ring (bicyclic) bond motifs is 9. The van der Waals surface area contributed by atoms with E-state index in [1.807, 2.05) is 11.3 Å². The maximum Gasteiger partial charge on any atom is 0.0737 e. The highest BCUT2D eigenvalue weighted by molar-refractivity contribution is 7.26. The Kier molecular flexibility index (Phi) is 6.44. The molecule has 0 saturated carbocycles. The van der Waals surface area contributed by atoms with Crippen molar-refractivity contribution in [3.05, 3.63) is 192 Å². The zero-order chi connectivity index (χ0) is 33.5. The molecule has 1 aliphatic heterocycles. The molecule has 2 aliphatic rings. The van der Waals surface area contributed by atoms with Crippen molar-refractivity contribution in [3.63, 3.8) is 0 Å². The topological polar surface area (TPSA) is 38.9 Å². The molecule has 0 amide bonds. The van der Waals surface area contributed by atoms with Gasteiger partial charge in [0.15, 0.2) is 0 Å². The summed E-state index contributed by atoms with van der Waals surface area (Å²) in [6.45, 7) is 1.72. The zero-order valence-corrected chi connectivity index (χ0v) is 28.8. The van der Waals surface area contributed by atoms with E-state index in [0.717, 1.165) is 6.54 Å². The van der Waals surface area contributed by atoms with E-state index in [4.69, 9.17) is 0 Å². The second-order valence-corrected chi connectivity index (χ2v) is 15.1. The Morgan fingerprint density at radius 1 is 0.608 bits per heavy atom. The number of thiophene rings is 1. The van der Waals surface area contributed by atoms with E-state index >= 15 is 0 Å². The van der Waals surface area contributed by atoms with E-state index in [0.29, 0.717) is 12.7 Å². The Hall–Kier alpha value is -5.52. The number of hydrogen-bond donors (Lipinski definition) is 2. The number of nitrogens with one attached hydrogen (secondary N) is 2. The molecule has 4 heteroatoms. The quantitative estimate of drug-likeness (QED) is 0.165. The van der Waals surface area contributed by atoms with Gasteiger partial charge in [0.25, 0.3) is 0 Å². The minimum atomic E-state index is -0.436. The molecule has 3 nitrogen and oxygen atoms in total. The van der Waals surface area contributed by atoms with Gasteiger partial charge in [-0.25, -0.2) is 0 Å². The van der Waals surface area contributed by atoms with Gasteiger partial charge in [-0.2, -0.15) is 0 Å². The van der Waals surface area contributed by atoms with Gasteiger partial charge in [0, 0.05) is 43.5 Å². The van der Waals surface area contributed by atoms with Crippen molar-refractivity contribution in [2.24, 2.45) is 0 Å². The largest absolute Gasteiger partial charge is 0.327 e. The number of rotatable bonds is 7. The van der Waals surface area contributed by atoms with Gasteiger partial charge in [-0.3, -0.25) is 5.32 Å². The fraction of sp³-hybridized carbons (Fsp3) is 0.106. The van der Waals surface area contributed by atoms with Crippen LogP contribution in [-0.4, -0.2) is 17.2 Å². The molecule has 0 radical (unpaired) electrons. The molecule has 1 fully saturated rings. The minimum absolute atomic E-state index is 0.186. The van der Waals surface area contributed by atoms with E-state index in [1.165, 1.54) is 80.9 Å². The van der Waals surface area contributed by atoms with E-state index in [-0.39, 0.29) is 6.04 Å². The SMILES string of the molecule is c1ccc(C2(c3ccc4c5ccccc5n(CNC(c5cccc6c5sc5ccccc56)C5CN5)c4c3)c3ccccc3-c3ccccc32)cc1. The molecule has 2 N–H and O–H groups in total. The van der Waals surface area contributed by atoms with Gasteiger partial charge in [0.2, 0.25) is 0 Å². The molecule has 1 saturated heterocycles. The summed E-state index contributed by atoms with van der Waals surface area (Å²) >= 11 is 1.92. The highest BCUT2D eigenvalue weighted by Gasteiger charge is 2.46. The Labute approximate surface area is 300 Å². The van der Waals surface area contributed by atoms with Crippen molar-refractivity contribution in [1.82, 2.24) is 15.2 Å². The van der Waals surface area contributed by atoms with E-state index in [2.05, 4.69) is 179 Å². The predicted octanol–water partition coefficient (Wildman–Crippen LogP) is 10.8. The van der Waals surface area contributed by atoms with Gasteiger partial charge in [-0.05, 0) is 57.1 Å². The molecule has 2 aromatic heterocycles. The Morgan fingerprint density at radius 2 is 1.25 bits per heavy atom. The summed E-state index contributed by atoms with van der Waals surface area (Å²) in [4.78, 5) is 0. The summed E-state index contributed by atoms with van der Waals surface area (Å²) < 4.78 is 5.25. The summed E-state index contributed by atoms with van der Waals surface area (Å²) in [5.41, 5.74) is 11.3. The van der Waals surface area contributed by atoms with Crippen LogP contribution >= 0.6 is 11.3 Å². The van der Waals surface area contributed by atoms with E-state index < -0.39 is 5.41 Å². The summed E-state index contributed by atoms with van der Waals surface area (Å²) in [5.74, 6) is 0. The van der Waals surface area contributed by atoms with Crippen LogP contribution in [0.15, 0.2) is 164 Å². The fourth-order valence-corrected chi connectivity index (χ4v) is 10.4. The smallest absolute Gasteiger partial charge is 0.0737 e. The van der Waals surface area contributed by atoms with E-state index in [1.54, 1.807) is 0 Å². The van der Waals surface area contributed by atoms with Gasteiger partial charge < -0.3 is 9.88 Å². The second-order valence-electron chi connectivity index (χ2n) is 14.1. The fourth-order valence-electron chi connectivity index (χ4n) is 9.14. The van der Waals surface area contributed by atoms with Crippen LogP contribution in [0.1, 0.15) is 33.9 Å². The summed E-state index contributed by atoms with van der Waals surface area (Å²) in [6.07, 6.45) is 0. The highest BCUT2D eigenvalue weighted by Crippen LogP contribution is 2.56. The third-order valence-electron chi connectivity index (χ3n) is 11.4. The van der Waals surface area contributed by atoms with Crippen molar-refractivity contribution in [1.29, 1.82) is 0 Å². The first kappa shape index (κ1) is 29.2. The van der Waals surface area contributed by atoms with Crippen LogP contribution in [0.5, 0.6) is 0 Å². The zero-order valence-electron chi connectivity index (χ0n) is 28.0. The molecule has 1 aliphatic carbocycles. The maximum atomic E-state index is 4.09. The third kappa shape index (κ3) is 4.25. The second kappa shape index (κ2) is 11.2. The normalized spacial score (nSPS) is 16.5. The van der Waals surface area contributed by atoms with Crippen LogP contribution in [0.2, 0.25) is 0 Å². The van der Waals surface area contributed by atoms with Crippen LogP contribution in [0.25, 0.3) is 53.1 Å². The highest BCUT2D eigenvalue weighted by atomic mass is 32.1. The van der Waals surface area contributed by atoms with Crippen LogP contribution in [0.3, 0.4) is 0 Å². The molecule has 7 aromatic carbocycles. The van der Waals surface area contributed by atoms with Gasteiger partial charge in [0.05, 0.1) is 29.2 Å². The third-order valence-corrected chi connectivity index (χ3v) is 12.7. The van der Waals surface area contributed by atoms with Crippen molar-refractivity contribution in [2.75, 3.05) is 6.54 Å². The van der Waals surface area contributed by atoms with Crippen LogP contribution in [0.4, 0.5) is 0 Å². The molecule has 9 aromatic rings. The molecule has 3 heterocycles. The Morgan fingerprint density at radius 3 is 2.04 bits per heavy atom. The van der Waals surface area contributed by atoms with E-state index in [9.17, 15) is 0 Å². The monoisotopic (exact) mass is 673 g/mol. The Bertz CT molecular complexity index is 2740. The van der Waals surface area contributed by atoms with Crippen LogP contribution < -0.4 is 10.6 Å². The van der Waals surface area contributed by atoms with Gasteiger partial charge in [0.1, 0.15) is 0 Å². The predicted molar refractivity (Wildman–Crippen MR) is 214 cm³/mol. The molecular formula is C47H35N3S. The lowest BCUT2D eigenvalue weighted by molar-refractivity contribution is 0.472. The first-order valence-electron chi connectivity index (χ1n) is 17.9. The average Bonchev–Trinajstić information content (AvgIpc) is 3.80. The first-order chi connectivity index (χ1) is 25.3. The number of aromatic nitrogens is 1. The minimum Gasteiger partial charge on any atom is -0.327 e. The summed E-state index contributed by atoms with van der Waals surface area (Å²) in [5, 5.41) is 13.0. The number of nitrogens with zero attached hydrogens (tertiary/aromatic N) is 1. The number of benzene rings is 7. The van der Waals surface area contributed by atoms with Crippen LogP contribution in [0, 0.1) is 0 Å². The molecule has 2 unspecified atom stereocenters. The van der Waals surface area contributed by atoms with Crippen molar-refractivity contribution in [3.8, 4) is 11.1 Å². The Balaban J connectivity index is 1.10. The number of hydrogen-bond acceptors (Lipinski definition) is 3. The lowest BCUT2D eigenvalue weighted by Gasteiger charge is -2.34. The van der Waals surface area contributed by atoms with Crippen molar-refractivity contribution >= 4 is 53.3 Å².